The molecule has 0 unspecified atom stereocenters. The van der Waals surface area contributed by atoms with E-state index < -0.39 is 23.5 Å². The van der Waals surface area contributed by atoms with E-state index in [1.54, 1.807) is 45.0 Å². The van der Waals surface area contributed by atoms with Gasteiger partial charge >= 0.3 is 6.09 Å². The van der Waals surface area contributed by atoms with Crippen LogP contribution in [0.15, 0.2) is 85.1 Å². The lowest BCUT2D eigenvalue weighted by Gasteiger charge is -2.21. The van der Waals surface area contributed by atoms with Crippen LogP contribution in [0.4, 0.5) is 10.5 Å². The zero-order chi connectivity index (χ0) is 27.7. The zero-order valence-corrected chi connectivity index (χ0v) is 22.7. The molecule has 0 saturated heterocycles. The van der Waals surface area contributed by atoms with Gasteiger partial charge < -0.3 is 14.6 Å². The summed E-state index contributed by atoms with van der Waals surface area (Å²) in [5.41, 5.74) is 3.33. The number of ether oxygens (including phenoxy) is 1. The number of rotatable bonds is 6. The Morgan fingerprint density at radius 3 is 2.05 bits per heavy atom. The van der Waals surface area contributed by atoms with Gasteiger partial charge in [-0.15, -0.1) is 0 Å². The topological polar surface area (TPSA) is 80.6 Å². The summed E-state index contributed by atoms with van der Waals surface area (Å²) in [6.07, 6.45) is 1.25. The quantitative estimate of drug-likeness (QED) is 0.276. The Morgan fingerprint density at radius 1 is 0.846 bits per heavy atom. The highest BCUT2D eigenvalue weighted by Crippen LogP contribution is 2.41. The molecule has 0 spiro atoms. The molecule has 39 heavy (non-hydrogen) atoms. The third kappa shape index (κ3) is 5.31. The van der Waals surface area contributed by atoms with E-state index >= 15 is 0 Å². The minimum atomic E-state index is -0.680. The third-order valence-electron chi connectivity index (χ3n) is 6.31. The van der Waals surface area contributed by atoms with Gasteiger partial charge in [-0.3, -0.25) is 9.59 Å². The van der Waals surface area contributed by atoms with Crippen molar-refractivity contribution < 1.29 is 19.1 Å². The number of nitrogens with one attached hydrogen (secondary N) is 1. The molecular formula is C31H28ClN3O4. The van der Waals surface area contributed by atoms with Crippen LogP contribution in [0, 0.1) is 0 Å². The molecule has 0 radical (unpaired) electrons. The molecule has 2 heterocycles. The van der Waals surface area contributed by atoms with Crippen molar-refractivity contribution in [1.82, 2.24) is 9.88 Å². The highest BCUT2D eigenvalue weighted by atomic mass is 35.5. The molecule has 0 bridgehead atoms. The molecule has 8 heteroatoms. The maximum Gasteiger partial charge on any atom is 0.407 e. The molecule has 1 aromatic heterocycles. The smallest absolute Gasteiger partial charge is 0.407 e. The highest BCUT2D eigenvalue weighted by molar-refractivity contribution is 6.35. The molecule has 0 saturated carbocycles. The second-order valence-corrected chi connectivity index (χ2v) is 10.7. The van der Waals surface area contributed by atoms with Crippen molar-refractivity contribution in [2.75, 3.05) is 4.90 Å². The van der Waals surface area contributed by atoms with Crippen LogP contribution < -0.4 is 10.2 Å². The maximum absolute atomic E-state index is 13.7. The largest absolute Gasteiger partial charge is 0.444 e. The number of alkyl carbamates (subject to hydrolysis) is 1. The number of imide groups is 1. The van der Waals surface area contributed by atoms with E-state index in [4.69, 9.17) is 16.3 Å². The predicted octanol–water partition coefficient (Wildman–Crippen LogP) is 6.68. The molecule has 0 aliphatic carbocycles. The average Bonchev–Trinajstić information content (AvgIpc) is 3.37. The van der Waals surface area contributed by atoms with Gasteiger partial charge in [-0.25, -0.2) is 9.69 Å². The van der Waals surface area contributed by atoms with E-state index in [-0.39, 0.29) is 6.54 Å². The van der Waals surface area contributed by atoms with Gasteiger partial charge in [0.1, 0.15) is 5.60 Å². The van der Waals surface area contributed by atoms with Crippen LogP contribution in [0.5, 0.6) is 0 Å². The van der Waals surface area contributed by atoms with Crippen LogP contribution in [0.2, 0.25) is 5.02 Å². The number of hydrogen-bond acceptors (Lipinski definition) is 4. The Balaban J connectivity index is 1.67. The molecule has 7 nitrogen and oxygen atoms in total. The fraction of sp³-hybridized carbons (Fsp3) is 0.194. The number of benzene rings is 3. The first kappa shape index (κ1) is 26.3. The van der Waals surface area contributed by atoms with Gasteiger partial charge in [0, 0.05) is 35.4 Å². The molecule has 0 atom stereocenters. The monoisotopic (exact) mass is 541 g/mol. The normalized spacial score (nSPS) is 13.0. The van der Waals surface area contributed by atoms with Crippen molar-refractivity contribution in [3.8, 4) is 11.3 Å². The molecule has 1 aliphatic heterocycles. The lowest BCUT2D eigenvalue weighted by molar-refractivity contribution is 0.0523. The number of halogens is 1. The molecule has 1 aliphatic rings. The molecule has 0 fully saturated rings. The zero-order valence-electron chi connectivity index (χ0n) is 21.9. The molecule has 5 rings (SSSR count). The van der Waals surface area contributed by atoms with Crippen LogP contribution in [-0.2, 0) is 17.8 Å². The molecule has 1 N–H and O–H groups in total. The summed E-state index contributed by atoms with van der Waals surface area (Å²) in [5, 5.41) is 3.39. The molecule has 4 aromatic rings. The number of anilines is 1. The number of hydrogen-bond donors (Lipinski definition) is 1. The van der Waals surface area contributed by atoms with Crippen molar-refractivity contribution >= 4 is 35.2 Å². The molecule has 3 aromatic carbocycles. The van der Waals surface area contributed by atoms with Crippen molar-refractivity contribution in [3.05, 3.63) is 112 Å². The number of amides is 3. The Bertz CT molecular complexity index is 1540. The summed E-state index contributed by atoms with van der Waals surface area (Å²) in [7, 11) is 0. The first-order valence-electron chi connectivity index (χ1n) is 12.6. The number of nitrogens with zero attached hydrogens (tertiary/aromatic N) is 2. The molecule has 3 amide bonds. The Kier molecular flexibility index (Phi) is 7.02. The predicted molar refractivity (Wildman–Crippen MR) is 151 cm³/mol. The third-order valence-corrected chi connectivity index (χ3v) is 6.68. The van der Waals surface area contributed by atoms with E-state index in [2.05, 4.69) is 5.32 Å². The van der Waals surface area contributed by atoms with Crippen molar-refractivity contribution in [1.29, 1.82) is 0 Å². The Labute approximate surface area is 232 Å². The minimum Gasteiger partial charge on any atom is -0.444 e. The van der Waals surface area contributed by atoms with Crippen LogP contribution in [0.25, 0.3) is 11.3 Å². The van der Waals surface area contributed by atoms with Gasteiger partial charge in [0.05, 0.1) is 22.5 Å². The Morgan fingerprint density at radius 2 is 1.44 bits per heavy atom. The summed E-state index contributed by atoms with van der Waals surface area (Å²) in [6, 6.07) is 23.8. The average molecular weight is 542 g/mol. The second-order valence-electron chi connectivity index (χ2n) is 10.3. The van der Waals surface area contributed by atoms with Gasteiger partial charge in [0.25, 0.3) is 11.8 Å². The van der Waals surface area contributed by atoms with Gasteiger partial charge in [-0.2, -0.15) is 0 Å². The fourth-order valence-electron chi connectivity index (χ4n) is 4.69. The van der Waals surface area contributed by atoms with Gasteiger partial charge in [0.15, 0.2) is 0 Å². The van der Waals surface area contributed by atoms with E-state index in [9.17, 15) is 14.4 Å². The first-order valence-corrected chi connectivity index (χ1v) is 13.0. The standard InChI is InChI=1S/C31H28ClN3O4/c1-31(2,3)39-30(38)33-17-22-19-34(18-21-13-7-10-16-25(21)32)26(20-11-5-4-6-12-20)27(22)35-28(36)23-14-8-9-15-24(23)29(35)37/h4-16,19H,17-18H2,1-3H3,(H,33,38). The van der Waals surface area contributed by atoms with E-state index in [0.717, 1.165) is 11.1 Å². The Hall–Kier alpha value is -4.36. The number of fused-ring (bicyclic) bond motifs is 1. The highest BCUT2D eigenvalue weighted by Gasteiger charge is 2.40. The van der Waals surface area contributed by atoms with Crippen molar-refractivity contribution in [2.45, 2.75) is 39.5 Å². The summed E-state index contributed by atoms with van der Waals surface area (Å²) in [4.78, 5) is 41.1. The maximum atomic E-state index is 13.7. The van der Waals surface area contributed by atoms with Crippen LogP contribution in [0.1, 0.15) is 52.6 Å². The SMILES string of the molecule is CC(C)(C)OC(=O)NCc1cn(Cc2ccccc2Cl)c(-c2ccccc2)c1N1C(=O)c2ccccc2C1=O. The van der Waals surface area contributed by atoms with Crippen LogP contribution in [0.3, 0.4) is 0 Å². The number of carbonyl (C=O) groups excluding carboxylic acids is 3. The van der Waals surface area contributed by atoms with Gasteiger partial charge in [-0.05, 0) is 44.5 Å². The minimum absolute atomic E-state index is 0.0347. The van der Waals surface area contributed by atoms with Gasteiger partial charge in [-0.1, -0.05) is 72.3 Å². The molecule has 198 valence electrons. The van der Waals surface area contributed by atoms with Crippen LogP contribution >= 0.6 is 11.6 Å². The summed E-state index contributed by atoms with van der Waals surface area (Å²) in [5.74, 6) is -0.830. The number of carbonyl (C=O) groups is 3. The second kappa shape index (κ2) is 10.4. The summed E-state index contributed by atoms with van der Waals surface area (Å²) < 4.78 is 7.39. The first-order chi connectivity index (χ1) is 18.6. The van der Waals surface area contributed by atoms with Crippen LogP contribution in [-0.4, -0.2) is 28.1 Å². The molecular weight excluding hydrogens is 514 g/mol. The fourth-order valence-corrected chi connectivity index (χ4v) is 4.88. The van der Waals surface area contributed by atoms with E-state index in [1.807, 2.05) is 65.4 Å². The summed E-state index contributed by atoms with van der Waals surface area (Å²) >= 11 is 6.51. The lowest BCUT2D eigenvalue weighted by atomic mass is 10.1. The number of aromatic nitrogens is 1. The van der Waals surface area contributed by atoms with Crippen molar-refractivity contribution in [2.24, 2.45) is 0 Å². The summed E-state index contributed by atoms with van der Waals surface area (Å²) in [6.45, 7) is 5.76. The van der Waals surface area contributed by atoms with Crippen molar-refractivity contribution in [3.63, 3.8) is 0 Å². The van der Waals surface area contributed by atoms with E-state index in [1.165, 1.54) is 4.90 Å². The van der Waals surface area contributed by atoms with Gasteiger partial charge in [0.2, 0.25) is 0 Å². The lowest BCUT2D eigenvalue weighted by Crippen LogP contribution is -2.33. The van der Waals surface area contributed by atoms with E-state index in [0.29, 0.717) is 39.6 Å².